The van der Waals surface area contributed by atoms with Crippen molar-refractivity contribution in [1.29, 1.82) is 0 Å². The van der Waals surface area contributed by atoms with Gasteiger partial charge in [0.1, 0.15) is 0 Å². The molecule has 116 valence electrons. The van der Waals surface area contributed by atoms with E-state index in [0.717, 1.165) is 0 Å². The van der Waals surface area contributed by atoms with Crippen molar-refractivity contribution in [3.63, 3.8) is 0 Å². The van der Waals surface area contributed by atoms with E-state index in [9.17, 15) is 0 Å². The standard InChI is InChI=1S/3C7H7.BrH.Ti/c3*1-7-5-3-2-4-6-7;;/h3*2-5H,1H3;1H;/q;;;;+1/p-1. The minimum atomic E-state index is -2.85. The Morgan fingerprint density at radius 3 is 1.04 bits per heavy atom. The fraction of sp³-hybridized carbons (Fsp3) is 0.143. The summed E-state index contributed by atoms with van der Waals surface area (Å²) >= 11 is 1.50. The number of hydrogen-bond acceptors (Lipinski definition) is 0. The number of aryl methyl sites for hydroxylation is 3. The van der Waals surface area contributed by atoms with Gasteiger partial charge in [-0.1, -0.05) is 0 Å². The number of benzene rings is 3. The van der Waals surface area contributed by atoms with E-state index >= 15 is 0 Å². The third-order valence-corrected chi connectivity index (χ3v) is 15.9. The van der Waals surface area contributed by atoms with Gasteiger partial charge in [-0.05, 0) is 0 Å². The third kappa shape index (κ3) is 2.98. The molecule has 23 heavy (non-hydrogen) atoms. The van der Waals surface area contributed by atoms with Crippen LogP contribution in [0.3, 0.4) is 0 Å². The number of hydrogen-bond donors (Lipinski definition) is 0. The van der Waals surface area contributed by atoms with Gasteiger partial charge in [0.15, 0.2) is 0 Å². The zero-order valence-electron chi connectivity index (χ0n) is 13.8. The first kappa shape index (κ1) is 16.7. The molecule has 0 unspecified atom stereocenters. The summed E-state index contributed by atoms with van der Waals surface area (Å²) in [6.45, 7) is 6.69. The van der Waals surface area contributed by atoms with E-state index in [1.54, 1.807) is 0 Å². The molecule has 0 N–H and O–H groups in total. The van der Waals surface area contributed by atoms with Crippen LogP contribution in [0.1, 0.15) is 16.7 Å². The molecular weight excluding hydrogens is 380 g/mol. The van der Waals surface area contributed by atoms with Gasteiger partial charge in [-0.2, -0.15) is 0 Å². The minimum absolute atomic E-state index is 1.37. The molecule has 0 aromatic heterocycles. The SMILES string of the molecule is Cc1cccc[c]1[Ti]([Br])([c]1ccccc1C)[c]1ccccc1C. The van der Waals surface area contributed by atoms with Crippen LogP contribution in [0, 0.1) is 20.8 Å². The summed E-state index contributed by atoms with van der Waals surface area (Å²) in [5.74, 6) is 0. The number of rotatable bonds is 3. The average molecular weight is 401 g/mol. The molecular formula is C21H21BrTi. The fourth-order valence-electron chi connectivity index (χ4n) is 3.31. The Kier molecular flexibility index (Phi) is 4.91. The van der Waals surface area contributed by atoms with Crippen LogP contribution >= 0.6 is 13.2 Å². The van der Waals surface area contributed by atoms with Crippen molar-refractivity contribution in [2.75, 3.05) is 0 Å². The maximum atomic E-state index is 4.35. The molecule has 0 radical (unpaired) electrons. The average Bonchev–Trinajstić information content (AvgIpc) is 2.55. The van der Waals surface area contributed by atoms with Crippen LogP contribution in [-0.2, 0) is 14.5 Å². The Labute approximate surface area is 149 Å². The van der Waals surface area contributed by atoms with E-state index in [-0.39, 0.29) is 0 Å². The van der Waals surface area contributed by atoms with Crippen LogP contribution in [0.5, 0.6) is 0 Å². The molecule has 3 aromatic carbocycles. The second-order valence-corrected chi connectivity index (χ2v) is 15.6. The molecule has 0 aliphatic carbocycles. The van der Waals surface area contributed by atoms with Crippen molar-refractivity contribution in [1.82, 2.24) is 0 Å². The molecule has 0 aliphatic rings. The van der Waals surface area contributed by atoms with Crippen molar-refractivity contribution in [3.8, 4) is 0 Å². The molecule has 3 aromatic rings. The van der Waals surface area contributed by atoms with Crippen LogP contribution in [-0.4, -0.2) is 0 Å². The zero-order valence-corrected chi connectivity index (χ0v) is 17.0. The summed E-state index contributed by atoms with van der Waals surface area (Å²) in [4.78, 5) is 0. The fourth-order valence-corrected chi connectivity index (χ4v) is 14.6. The van der Waals surface area contributed by atoms with Crippen LogP contribution in [0.25, 0.3) is 0 Å². The molecule has 0 aliphatic heterocycles. The molecule has 0 saturated heterocycles. The van der Waals surface area contributed by atoms with Crippen LogP contribution < -0.4 is 11.6 Å². The van der Waals surface area contributed by atoms with Gasteiger partial charge < -0.3 is 0 Å². The zero-order chi connectivity index (χ0) is 16.4. The summed E-state index contributed by atoms with van der Waals surface area (Å²) in [6.07, 6.45) is 0. The molecule has 2 heteroatoms. The van der Waals surface area contributed by atoms with Gasteiger partial charge in [0.2, 0.25) is 0 Å². The van der Waals surface area contributed by atoms with E-state index in [1.165, 1.54) is 28.3 Å². The van der Waals surface area contributed by atoms with Gasteiger partial charge in [0.05, 0.1) is 0 Å². The van der Waals surface area contributed by atoms with Crippen LogP contribution in [0.15, 0.2) is 72.8 Å². The second kappa shape index (κ2) is 6.77. The van der Waals surface area contributed by atoms with Crippen molar-refractivity contribution in [2.24, 2.45) is 0 Å². The van der Waals surface area contributed by atoms with Crippen molar-refractivity contribution >= 4 is 24.8 Å². The Balaban J connectivity index is 2.38. The molecule has 0 bridgehead atoms. The van der Waals surface area contributed by atoms with E-state index in [0.29, 0.717) is 0 Å². The molecule has 0 amide bonds. The van der Waals surface area contributed by atoms with Crippen molar-refractivity contribution < 1.29 is 14.5 Å². The van der Waals surface area contributed by atoms with Gasteiger partial charge in [0.25, 0.3) is 0 Å². The molecule has 0 spiro atoms. The molecule has 0 nitrogen and oxygen atoms in total. The van der Waals surface area contributed by atoms with Gasteiger partial charge in [0, 0.05) is 0 Å². The van der Waals surface area contributed by atoms with E-state index < -0.39 is 14.5 Å². The number of halogens is 1. The Bertz CT molecular complexity index is 728. The van der Waals surface area contributed by atoms with Gasteiger partial charge in [-0.3, -0.25) is 0 Å². The molecule has 0 saturated carbocycles. The predicted octanol–water partition coefficient (Wildman–Crippen LogP) is 4.35. The molecule has 0 heterocycles. The quantitative estimate of drug-likeness (QED) is 0.573. The monoisotopic (exact) mass is 400 g/mol. The summed E-state index contributed by atoms with van der Waals surface area (Å²) in [6, 6.07) is 26.5. The normalized spacial score (nSPS) is 11.5. The van der Waals surface area contributed by atoms with E-state index in [1.807, 2.05) is 0 Å². The molecule has 3 rings (SSSR count). The Hall–Kier alpha value is -1.15. The first-order valence-electron chi connectivity index (χ1n) is 7.92. The molecule has 0 atom stereocenters. The Morgan fingerprint density at radius 2 is 0.783 bits per heavy atom. The van der Waals surface area contributed by atoms with Gasteiger partial charge in [-0.25, -0.2) is 0 Å². The van der Waals surface area contributed by atoms with Crippen LogP contribution in [0.4, 0.5) is 0 Å². The van der Waals surface area contributed by atoms with Crippen molar-refractivity contribution in [2.45, 2.75) is 20.8 Å². The molecule has 0 fully saturated rings. The first-order valence-corrected chi connectivity index (χ1v) is 14.1. The van der Waals surface area contributed by atoms with E-state index in [2.05, 4.69) is 107 Å². The third-order valence-electron chi connectivity index (χ3n) is 4.55. The van der Waals surface area contributed by atoms with Gasteiger partial charge >= 0.3 is 150 Å². The summed E-state index contributed by atoms with van der Waals surface area (Å²) in [5.41, 5.74) is 4.11. The summed E-state index contributed by atoms with van der Waals surface area (Å²) in [5, 5.41) is 0. The predicted molar refractivity (Wildman–Crippen MR) is 101 cm³/mol. The Morgan fingerprint density at radius 1 is 0.522 bits per heavy atom. The van der Waals surface area contributed by atoms with Crippen molar-refractivity contribution in [3.05, 3.63) is 89.5 Å². The van der Waals surface area contributed by atoms with Crippen LogP contribution in [0.2, 0.25) is 0 Å². The second-order valence-electron chi connectivity index (χ2n) is 6.10. The van der Waals surface area contributed by atoms with Gasteiger partial charge in [-0.15, -0.1) is 0 Å². The summed E-state index contributed by atoms with van der Waals surface area (Å²) < 4.78 is 4.45. The first-order chi connectivity index (χ1) is 11.0. The van der Waals surface area contributed by atoms with E-state index in [4.69, 9.17) is 0 Å². The topological polar surface area (TPSA) is 0 Å². The summed E-state index contributed by atoms with van der Waals surface area (Å²) in [7, 11) is 0. The maximum absolute atomic E-state index is 4.35.